The maximum Gasteiger partial charge on any atom is 0.255 e. The number of amides is 1. The van der Waals surface area contributed by atoms with Gasteiger partial charge in [-0.05, 0) is 49.6 Å². The average Bonchev–Trinajstić information content (AvgIpc) is 3.15. The Balaban J connectivity index is 1.75. The highest BCUT2D eigenvalue weighted by Crippen LogP contribution is 2.35. The Morgan fingerprint density at radius 2 is 1.97 bits per heavy atom. The summed E-state index contributed by atoms with van der Waals surface area (Å²) in [7, 11) is 0. The third-order valence-electron chi connectivity index (χ3n) is 5.11. The highest BCUT2D eigenvalue weighted by molar-refractivity contribution is 6.06. The van der Waals surface area contributed by atoms with Crippen molar-refractivity contribution in [2.45, 2.75) is 32.7 Å². The van der Waals surface area contributed by atoms with Crippen molar-refractivity contribution in [1.82, 2.24) is 19.7 Å². The van der Waals surface area contributed by atoms with Crippen molar-refractivity contribution in [2.24, 2.45) is 0 Å². The smallest absolute Gasteiger partial charge is 0.255 e. The van der Waals surface area contributed by atoms with E-state index >= 15 is 0 Å². The number of para-hydroxylation sites is 1. The van der Waals surface area contributed by atoms with Gasteiger partial charge in [-0.25, -0.2) is 4.68 Å². The first-order chi connectivity index (χ1) is 14.6. The molecule has 0 aliphatic carbocycles. The molecule has 0 fully saturated rings. The van der Waals surface area contributed by atoms with Crippen LogP contribution in [0, 0.1) is 6.92 Å². The summed E-state index contributed by atoms with van der Waals surface area (Å²) in [6.07, 6.45) is 4.54. The standard InChI is InChI=1S/C22H24N6O2/c1-14-6-3-4-7-17(14)25-21(30)19-15(2)24-22-26-18(8-5-13-29)27-28(22)20(19)16-9-11-23-12-10-16/h3-4,6-7,9-12,20,29H,5,8,13H2,1-2H3,(H,25,30)(H,24,26,27). The number of fused-ring (bicyclic) bond motifs is 1. The van der Waals surface area contributed by atoms with Gasteiger partial charge in [-0.15, -0.1) is 0 Å². The van der Waals surface area contributed by atoms with Gasteiger partial charge < -0.3 is 15.7 Å². The zero-order valence-corrected chi connectivity index (χ0v) is 17.0. The van der Waals surface area contributed by atoms with Gasteiger partial charge in [0.1, 0.15) is 6.04 Å². The molecule has 0 saturated heterocycles. The number of anilines is 2. The monoisotopic (exact) mass is 404 g/mol. The Kier molecular flexibility index (Phi) is 5.58. The predicted molar refractivity (Wildman–Crippen MR) is 114 cm³/mol. The van der Waals surface area contributed by atoms with Crippen LogP contribution in [0.1, 0.15) is 36.3 Å². The van der Waals surface area contributed by atoms with Gasteiger partial charge in [0.2, 0.25) is 5.95 Å². The van der Waals surface area contributed by atoms with Crippen molar-refractivity contribution in [3.8, 4) is 0 Å². The number of hydrogen-bond acceptors (Lipinski definition) is 6. The minimum atomic E-state index is -0.441. The van der Waals surface area contributed by atoms with Crippen LogP contribution in [-0.4, -0.2) is 37.4 Å². The Labute approximate surface area is 174 Å². The molecule has 0 radical (unpaired) electrons. The number of benzene rings is 1. The van der Waals surface area contributed by atoms with E-state index in [-0.39, 0.29) is 12.5 Å². The van der Waals surface area contributed by atoms with Crippen LogP contribution in [0.4, 0.5) is 11.6 Å². The third kappa shape index (κ3) is 3.81. The molecule has 8 nitrogen and oxygen atoms in total. The number of allylic oxidation sites excluding steroid dienone is 1. The lowest BCUT2D eigenvalue weighted by atomic mass is 9.95. The van der Waals surface area contributed by atoms with E-state index in [0.29, 0.717) is 30.2 Å². The second kappa shape index (κ2) is 8.46. The Morgan fingerprint density at radius 1 is 1.20 bits per heavy atom. The lowest BCUT2D eigenvalue weighted by molar-refractivity contribution is -0.113. The maximum atomic E-state index is 13.4. The summed E-state index contributed by atoms with van der Waals surface area (Å²) in [5.74, 6) is 1.00. The van der Waals surface area contributed by atoms with E-state index in [2.05, 4.69) is 25.7 Å². The molecule has 0 bridgehead atoms. The van der Waals surface area contributed by atoms with Gasteiger partial charge in [-0.1, -0.05) is 18.2 Å². The second-order valence-corrected chi connectivity index (χ2v) is 7.24. The van der Waals surface area contributed by atoms with E-state index in [1.54, 1.807) is 17.1 Å². The molecule has 1 aliphatic rings. The third-order valence-corrected chi connectivity index (χ3v) is 5.11. The van der Waals surface area contributed by atoms with Crippen LogP contribution in [0.25, 0.3) is 0 Å². The number of carbonyl (C=O) groups is 1. The largest absolute Gasteiger partial charge is 0.396 e. The lowest BCUT2D eigenvalue weighted by Gasteiger charge is -2.28. The van der Waals surface area contributed by atoms with E-state index in [1.165, 1.54) is 0 Å². The van der Waals surface area contributed by atoms with Gasteiger partial charge in [0.25, 0.3) is 5.91 Å². The van der Waals surface area contributed by atoms with Crippen LogP contribution in [0.5, 0.6) is 0 Å². The molecule has 3 N–H and O–H groups in total. The number of nitrogens with zero attached hydrogens (tertiary/aromatic N) is 4. The fraction of sp³-hybridized carbons (Fsp3) is 0.273. The normalized spacial score (nSPS) is 15.5. The average molecular weight is 404 g/mol. The first kappa shape index (κ1) is 19.8. The molecule has 1 unspecified atom stereocenters. The number of aryl methyl sites for hydroxylation is 2. The Bertz CT molecular complexity index is 1090. The highest BCUT2D eigenvalue weighted by atomic mass is 16.3. The van der Waals surface area contributed by atoms with Gasteiger partial charge in [0.15, 0.2) is 5.82 Å². The summed E-state index contributed by atoms with van der Waals surface area (Å²) in [5.41, 5.74) is 3.93. The summed E-state index contributed by atoms with van der Waals surface area (Å²) in [4.78, 5) is 22.0. The van der Waals surface area contributed by atoms with Gasteiger partial charge in [0.05, 0.1) is 5.57 Å². The quantitative estimate of drug-likeness (QED) is 0.584. The van der Waals surface area contributed by atoms with Crippen molar-refractivity contribution in [3.63, 3.8) is 0 Å². The van der Waals surface area contributed by atoms with Crippen LogP contribution in [-0.2, 0) is 11.2 Å². The fourth-order valence-corrected chi connectivity index (χ4v) is 3.59. The molecule has 0 spiro atoms. The van der Waals surface area contributed by atoms with Crippen LogP contribution in [0.2, 0.25) is 0 Å². The molecule has 1 aliphatic heterocycles. The summed E-state index contributed by atoms with van der Waals surface area (Å²) in [6, 6.07) is 11.0. The molecule has 1 atom stereocenters. The number of aliphatic hydroxyl groups is 1. The van der Waals surface area contributed by atoms with Gasteiger partial charge >= 0.3 is 0 Å². The molecule has 4 rings (SSSR count). The van der Waals surface area contributed by atoms with Crippen molar-refractivity contribution in [2.75, 3.05) is 17.2 Å². The summed E-state index contributed by atoms with van der Waals surface area (Å²) in [5, 5.41) is 20.0. The molecule has 2 aromatic heterocycles. The number of rotatable bonds is 6. The van der Waals surface area contributed by atoms with Crippen LogP contribution < -0.4 is 10.6 Å². The van der Waals surface area contributed by atoms with Crippen molar-refractivity contribution >= 4 is 17.5 Å². The minimum absolute atomic E-state index is 0.0758. The molecular weight excluding hydrogens is 380 g/mol. The van der Waals surface area contributed by atoms with Crippen molar-refractivity contribution < 1.29 is 9.90 Å². The van der Waals surface area contributed by atoms with Crippen molar-refractivity contribution in [1.29, 1.82) is 0 Å². The zero-order chi connectivity index (χ0) is 21.1. The number of aliphatic hydroxyl groups excluding tert-OH is 1. The van der Waals surface area contributed by atoms with Crippen LogP contribution >= 0.6 is 0 Å². The number of pyridine rings is 1. The van der Waals surface area contributed by atoms with E-state index in [9.17, 15) is 4.79 Å². The van der Waals surface area contributed by atoms with Crippen LogP contribution in [0.3, 0.4) is 0 Å². The van der Waals surface area contributed by atoms with Gasteiger partial charge in [-0.3, -0.25) is 9.78 Å². The zero-order valence-electron chi connectivity index (χ0n) is 17.0. The summed E-state index contributed by atoms with van der Waals surface area (Å²) >= 11 is 0. The van der Waals surface area contributed by atoms with E-state index < -0.39 is 6.04 Å². The molecule has 30 heavy (non-hydrogen) atoms. The number of nitrogens with one attached hydrogen (secondary N) is 2. The molecule has 0 saturated carbocycles. The summed E-state index contributed by atoms with van der Waals surface area (Å²) < 4.78 is 1.74. The SMILES string of the molecule is CC1=C(C(=O)Nc2ccccc2C)C(c2ccncc2)n2nc(CCCO)nc2N1. The predicted octanol–water partition coefficient (Wildman–Crippen LogP) is 2.83. The maximum absolute atomic E-state index is 13.4. The highest BCUT2D eigenvalue weighted by Gasteiger charge is 2.34. The molecule has 3 heterocycles. The fourth-order valence-electron chi connectivity index (χ4n) is 3.59. The second-order valence-electron chi connectivity index (χ2n) is 7.24. The van der Waals surface area contributed by atoms with E-state index in [4.69, 9.17) is 5.11 Å². The number of hydrogen-bond donors (Lipinski definition) is 3. The van der Waals surface area contributed by atoms with Gasteiger partial charge in [-0.2, -0.15) is 10.1 Å². The molecular formula is C22H24N6O2. The molecule has 154 valence electrons. The van der Waals surface area contributed by atoms with E-state index in [1.807, 2.05) is 50.2 Å². The topological polar surface area (TPSA) is 105 Å². The van der Waals surface area contributed by atoms with Crippen LogP contribution in [0.15, 0.2) is 60.1 Å². The summed E-state index contributed by atoms with van der Waals surface area (Å²) in [6.45, 7) is 3.90. The van der Waals surface area contributed by atoms with E-state index in [0.717, 1.165) is 22.5 Å². The lowest BCUT2D eigenvalue weighted by Crippen LogP contribution is -2.31. The van der Waals surface area contributed by atoms with Crippen molar-refractivity contribution in [3.05, 3.63) is 77.0 Å². The minimum Gasteiger partial charge on any atom is -0.396 e. The number of aromatic nitrogens is 4. The first-order valence-electron chi connectivity index (χ1n) is 9.89. The number of carbonyl (C=O) groups excluding carboxylic acids is 1. The molecule has 1 aromatic carbocycles. The Morgan fingerprint density at radius 3 is 2.70 bits per heavy atom. The Hall–Kier alpha value is -3.52. The van der Waals surface area contributed by atoms with Gasteiger partial charge in [0, 0.05) is 36.8 Å². The molecule has 3 aromatic rings. The first-order valence-corrected chi connectivity index (χ1v) is 9.89. The molecule has 8 heteroatoms. The molecule has 1 amide bonds.